The van der Waals surface area contributed by atoms with Gasteiger partial charge in [-0.1, -0.05) is 194 Å². The first kappa shape index (κ1) is 38.5. The van der Waals surface area contributed by atoms with Crippen molar-refractivity contribution in [2.45, 2.75) is 0 Å². The molecule has 67 heavy (non-hydrogen) atoms. The molecule has 0 aliphatic heterocycles. The molecule has 11 aromatic carbocycles. The van der Waals surface area contributed by atoms with Gasteiger partial charge < -0.3 is 13.9 Å². The third-order valence-corrected chi connectivity index (χ3v) is 13.4. The van der Waals surface area contributed by atoms with Crippen LogP contribution in [0, 0.1) is 0 Å². The van der Waals surface area contributed by atoms with Crippen molar-refractivity contribution in [2.75, 3.05) is 4.90 Å². The maximum absolute atomic E-state index is 6.63. The number of benzene rings is 11. The molecule has 0 amide bonds. The van der Waals surface area contributed by atoms with Crippen LogP contribution >= 0.6 is 0 Å². The van der Waals surface area contributed by atoms with E-state index in [1.807, 2.05) is 0 Å². The molecule has 0 aliphatic rings. The number of aromatic nitrogens is 1. The molecular weight excluding hydrogens is 813 g/mol. The molecule has 13 rings (SSSR count). The molecule has 0 radical (unpaired) electrons. The molecule has 2 heterocycles. The van der Waals surface area contributed by atoms with Crippen molar-refractivity contribution in [3.63, 3.8) is 0 Å². The van der Waals surface area contributed by atoms with Crippen molar-refractivity contribution < 1.29 is 4.42 Å². The lowest BCUT2D eigenvalue weighted by Crippen LogP contribution is -2.09. The van der Waals surface area contributed by atoms with Gasteiger partial charge in [0.05, 0.1) is 16.7 Å². The molecule has 0 saturated heterocycles. The van der Waals surface area contributed by atoms with E-state index in [9.17, 15) is 0 Å². The molecule has 0 saturated carbocycles. The maximum Gasteiger partial charge on any atom is 0.143 e. The molecule has 2 aromatic heterocycles. The van der Waals surface area contributed by atoms with Crippen LogP contribution in [0.3, 0.4) is 0 Å². The number of fused-ring (bicyclic) bond motifs is 7. The molecule has 13 aromatic rings. The van der Waals surface area contributed by atoms with Crippen LogP contribution in [0.2, 0.25) is 0 Å². The minimum atomic E-state index is 0.884. The summed E-state index contributed by atoms with van der Waals surface area (Å²) in [6.45, 7) is 0. The first-order valence-corrected chi connectivity index (χ1v) is 22.9. The summed E-state index contributed by atoms with van der Waals surface area (Å²) in [7, 11) is 0. The summed E-state index contributed by atoms with van der Waals surface area (Å²) in [4.78, 5) is 2.35. The van der Waals surface area contributed by atoms with Gasteiger partial charge in [-0.2, -0.15) is 0 Å². The van der Waals surface area contributed by atoms with E-state index in [0.29, 0.717) is 0 Å². The van der Waals surface area contributed by atoms with Crippen LogP contribution in [-0.2, 0) is 0 Å². The topological polar surface area (TPSA) is 21.3 Å². The summed E-state index contributed by atoms with van der Waals surface area (Å²) in [6, 6.07) is 91.7. The van der Waals surface area contributed by atoms with Crippen LogP contribution in [0.1, 0.15) is 0 Å². The maximum atomic E-state index is 6.63. The summed E-state index contributed by atoms with van der Waals surface area (Å²) in [5.74, 6) is 0. The molecule has 0 aliphatic carbocycles. The Hall–Kier alpha value is -8.92. The van der Waals surface area contributed by atoms with Crippen LogP contribution in [-0.4, -0.2) is 4.57 Å². The van der Waals surface area contributed by atoms with Crippen LogP contribution in [0.25, 0.3) is 105 Å². The van der Waals surface area contributed by atoms with Gasteiger partial charge in [-0.05, 0) is 105 Å². The monoisotopic (exact) mass is 854 g/mol. The minimum absolute atomic E-state index is 0.884. The molecule has 0 N–H and O–H groups in total. The second-order valence-electron chi connectivity index (χ2n) is 17.2. The normalized spacial score (nSPS) is 11.6. The fraction of sp³-hybridized carbons (Fsp3) is 0. The van der Waals surface area contributed by atoms with Gasteiger partial charge in [0, 0.05) is 49.6 Å². The number of rotatable bonds is 8. The van der Waals surface area contributed by atoms with Crippen molar-refractivity contribution in [1.29, 1.82) is 0 Å². The standard InChI is InChI=1S/C64H42N2O/c1-3-15-43(16-4-1)44-29-35-48(36-30-44)65(50-39-33-47(34-40-50)52-23-14-28-62-63(52)58-25-13-24-53(64(58)67-62)45-17-5-2-6-18-45)49-37-31-46(32-38-49)51-41-42-61(55-20-8-7-19-54(51)55)66-59-26-11-9-21-56(59)57-22-10-12-27-60(57)66/h1-42H. The zero-order valence-corrected chi connectivity index (χ0v) is 36.6. The average molecular weight is 855 g/mol. The third-order valence-electron chi connectivity index (χ3n) is 13.4. The Balaban J connectivity index is 0.897. The largest absolute Gasteiger partial charge is 0.455 e. The first-order valence-electron chi connectivity index (χ1n) is 22.9. The summed E-state index contributed by atoms with van der Waals surface area (Å²) < 4.78 is 9.05. The number of para-hydroxylation sites is 3. The van der Waals surface area contributed by atoms with Gasteiger partial charge in [0.25, 0.3) is 0 Å². The Kier molecular flexibility index (Phi) is 9.17. The Morgan fingerprint density at radius 1 is 0.284 bits per heavy atom. The van der Waals surface area contributed by atoms with Crippen LogP contribution in [0.5, 0.6) is 0 Å². The Bertz CT molecular complexity index is 3890. The number of hydrogen-bond acceptors (Lipinski definition) is 2. The van der Waals surface area contributed by atoms with Crippen molar-refractivity contribution in [3.05, 3.63) is 255 Å². The SMILES string of the molecule is c1ccc(-c2ccc(N(c3ccc(-c4ccc(-n5c6ccccc6c6ccccc65)c5ccccc45)cc3)c3ccc(-c4cccc5oc6c(-c7ccccc7)cccc6c45)cc3)cc2)cc1. The molecular formula is C64H42N2O. The van der Waals surface area contributed by atoms with Crippen molar-refractivity contribution >= 4 is 71.6 Å². The van der Waals surface area contributed by atoms with E-state index in [2.05, 4.69) is 264 Å². The molecule has 3 heteroatoms. The van der Waals surface area contributed by atoms with E-state index in [1.165, 1.54) is 60.5 Å². The number of furan rings is 1. The van der Waals surface area contributed by atoms with Gasteiger partial charge in [-0.3, -0.25) is 0 Å². The third kappa shape index (κ3) is 6.51. The van der Waals surface area contributed by atoms with E-state index in [0.717, 1.165) is 61.3 Å². The highest BCUT2D eigenvalue weighted by Gasteiger charge is 2.19. The van der Waals surface area contributed by atoms with E-state index in [-0.39, 0.29) is 0 Å². The van der Waals surface area contributed by atoms with Crippen molar-refractivity contribution in [3.8, 4) is 50.2 Å². The average Bonchev–Trinajstić information content (AvgIpc) is 3.96. The fourth-order valence-corrected chi connectivity index (χ4v) is 10.3. The lowest BCUT2D eigenvalue weighted by molar-refractivity contribution is 0.670. The molecule has 3 nitrogen and oxygen atoms in total. The first-order chi connectivity index (χ1) is 33.2. The van der Waals surface area contributed by atoms with Gasteiger partial charge in [0.15, 0.2) is 0 Å². The second-order valence-corrected chi connectivity index (χ2v) is 17.2. The quantitative estimate of drug-likeness (QED) is 0.152. The fourth-order valence-electron chi connectivity index (χ4n) is 10.3. The van der Waals surface area contributed by atoms with Gasteiger partial charge in [-0.25, -0.2) is 0 Å². The Morgan fingerprint density at radius 3 is 1.36 bits per heavy atom. The molecule has 314 valence electrons. The molecule has 0 spiro atoms. The van der Waals surface area contributed by atoms with E-state index < -0.39 is 0 Å². The van der Waals surface area contributed by atoms with Gasteiger partial charge >= 0.3 is 0 Å². The highest BCUT2D eigenvalue weighted by atomic mass is 16.3. The van der Waals surface area contributed by atoms with Crippen molar-refractivity contribution in [1.82, 2.24) is 4.57 Å². The second kappa shape index (κ2) is 16.0. The van der Waals surface area contributed by atoms with Crippen molar-refractivity contribution in [2.24, 2.45) is 0 Å². The summed E-state index contributed by atoms with van der Waals surface area (Å²) in [5.41, 5.74) is 17.9. The minimum Gasteiger partial charge on any atom is -0.455 e. The van der Waals surface area contributed by atoms with Gasteiger partial charge in [0.1, 0.15) is 11.2 Å². The number of hydrogen-bond donors (Lipinski definition) is 0. The van der Waals surface area contributed by atoms with Crippen LogP contribution in [0.15, 0.2) is 259 Å². The van der Waals surface area contributed by atoms with Crippen LogP contribution < -0.4 is 4.90 Å². The lowest BCUT2D eigenvalue weighted by Gasteiger charge is -2.26. The van der Waals surface area contributed by atoms with Gasteiger partial charge in [-0.15, -0.1) is 0 Å². The predicted octanol–water partition coefficient (Wildman–Crippen LogP) is 18.0. The van der Waals surface area contributed by atoms with Crippen LogP contribution in [0.4, 0.5) is 17.1 Å². The van der Waals surface area contributed by atoms with E-state index >= 15 is 0 Å². The van der Waals surface area contributed by atoms with E-state index in [4.69, 9.17) is 4.42 Å². The highest BCUT2D eigenvalue weighted by Crippen LogP contribution is 2.43. The summed E-state index contributed by atoms with van der Waals surface area (Å²) >= 11 is 0. The zero-order valence-electron chi connectivity index (χ0n) is 36.6. The Morgan fingerprint density at radius 2 is 0.731 bits per heavy atom. The highest BCUT2D eigenvalue weighted by molar-refractivity contribution is 6.16. The van der Waals surface area contributed by atoms with Gasteiger partial charge in [0.2, 0.25) is 0 Å². The summed E-state index contributed by atoms with van der Waals surface area (Å²) in [6.07, 6.45) is 0. The number of nitrogens with zero attached hydrogens (tertiary/aromatic N) is 2. The molecule has 0 fully saturated rings. The molecule has 0 atom stereocenters. The van der Waals surface area contributed by atoms with E-state index in [1.54, 1.807) is 0 Å². The molecule has 0 bridgehead atoms. The lowest BCUT2D eigenvalue weighted by atomic mass is 9.96. The molecule has 0 unspecified atom stereocenters. The summed E-state index contributed by atoms with van der Waals surface area (Å²) in [5, 5.41) is 7.20. The number of anilines is 3. The smallest absolute Gasteiger partial charge is 0.143 e. The zero-order chi connectivity index (χ0) is 44.3. The predicted molar refractivity (Wildman–Crippen MR) is 282 cm³/mol. The Labute approximate surface area is 388 Å².